The monoisotopic (exact) mass is 306 g/mol. The highest BCUT2D eigenvalue weighted by molar-refractivity contribution is 5.78. The number of furan rings is 1. The average Bonchev–Trinajstić information content (AvgIpc) is 3.07. The Hall–Kier alpha value is -1.33. The first-order valence-corrected chi connectivity index (χ1v) is 8.46. The van der Waals surface area contributed by atoms with Crippen LogP contribution in [0, 0.1) is 5.92 Å². The van der Waals surface area contributed by atoms with Crippen LogP contribution in [-0.4, -0.2) is 41.1 Å². The third-order valence-electron chi connectivity index (χ3n) is 5.08. The molecule has 0 aromatic carbocycles. The molecule has 3 rings (SSSR count). The van der Waals surface area contributed by atoms with Gasteiger partial charge < -0.3 is 14.8 Å². The van der Waals surface area contributed by atoms with Gasteiger partial charge in [-0.15, -0.1) is 0 Å². The predicted molar refractivity (Wildman–Crippen MR) is 83.1 cm³/mol. The molecule has 0 bridgehead atoms. The molecule has 2 heterocycles. The highest BCUT2D eigenvalue weighted by Crippen LogP contribution is 2.27. The second-order valence-electron chi connectivity index (χ2n) is 6.53. The third kappa shape index (κ3) is 3.70. The van der Waals surface area contributed by atoms with Gasteiger partial charge >= 0.3 is 0 Å². The minimum Gasteiger partial charge on any atom is -0.467 e. The molecule has 2 unspecified atom stereocenters. The zero-order valence-electron chi connectivity index (χ0n) is 13.0. The number of amides is 1. The quantitative estimate of drug-likeness (QED) is 0.892. The number of carbonyl (C=O) groups is 1. The number of nitrogens with one attached hydrogen (secondary N) is 1. The van der Waals surface area contributed by atoms with Gasteiger partial charge in [-0.05, 0) is 50.9 Å². The van der Waals surface area contributed by atoms with Crippen molar-refractivity contribution in [3.05, 3.63) is 24.2 Å². The normalized spacial score (nSPS) is 27.7. The number of rotatable bonds is 4. The number of nitrogens with zero attached hydrogens (tertiary/aromatic N) is 1. The van der Waals surface area contributed by atoms with Crippen LogP contribution < -0.4 is 5.32 Å². The van der Waals surface area contributed by atoms with Crippen LogP contribution in [0.1, 0.15) is 44.3 Å². The van der Waals surface area contributed by atoms with Crippen LogP contribution in [0.4, 0.5) is 0 Å². The Morgan fingerprint density at radius 2 is 2.05 bits per heavy atom. The maximum absolute atomic E-state index is 12.2. The van der Waals surface area contributed by atoms with Crippen LogP contribution in [0.25, 0.3) is 0 Å². The molecule has 122 valence electrons. The molecule has 1 saturated heterocycles. The van der Waals surface area contributed by atoms with E-state index in [9.17, 15) is 9.90 Å². The molecule has 2 aliphatic rings. The Bertz CT molecular complexity index is 466. The SMILES string of the molecule is O=C(NCc1ccco1)C1CCN(C2CCCCC2O)CC1. The molecule has 22 heavy (non-hydrogen) atoms. The minimum absolute atomic E-state index is 0.0898. The first-order valence-electron chi connectivity index (χ1n) is 8.46. The first-order chi connectivity index (χ1) is 10.7. The molecule has 2 atom stereocenters. The van der Waals surface area contributed by atoms with Crippen molar-refractivity contribution in [3.8, 4) is 0 Å². The van der Waals surface area contributed by atoms with Crippen molar-refractivity contribution in [2.45, 2.75) is 57.2 Å². The highest BCUT2D eigenvalue weighted by atomic mass is 16.3. The van der Waals surface area contributed by atoms with Crippen LogP contribution in [-0.2, 0) is 11.3 Å². The summed E-state index contributed by atoms with van der Waals surface area (Å²) >= 11 is 0. The summed E-state index contributed by atoms with van der Waals surface area (Å²) in [4.78, 5) is 14.6. The predicted octanol–water partition coefficient (Wildman–Crippen LogP) is 1.91. The summed E-state index contributed by atoms with van der Waals surface area (Å²) < 4.78 is 5.23. The van der Waals surface area contributed by atoms with Gasteiger partial charge in [0.1, 0.15) is 5.76 Å². The average molecular weight is 306 g/mol. The number of aliphatic hydroxyl groups excluding tert-OH is 1. The summed E-state index contributed by atoms with van der Waals surface area (Å²) in [7, 11) is 0. The van der Waals surface area contributed by atoms with Crippen molar-refractivity contribution >= 4 is 5.91 Å². The van der Waals surface area contributed by atoms with Crippen LogP contribution in [0.15, 0.2) is 22.8 Å². The van der Waals surface area contributed by atoms with Gasteiger partial charge in [-0.2, -0.15) is 0 Å². The lowest BCUT2D eigenvalue weighted by Crippen LogP contribution is -2.50. The number of aliphatic hydroxyl groups is 1. The van der Waals surface area contributed by atoms with E-state index in [1.54, 1.807) is 6.26 Å². The Balaban J connectivity index is 1.43. The van der Waals surface area contributed by atoms with Gasteiger partial charge in [-0.3, -0.25) is 9.69 Å². The van der Waals surface area contributed by atoms with E-state index in [4.69, 9.17) is 4.42 Å². The fourth-order valence-corrected chi connectivity index (χ4v) is 3.74. The van der Waals surface area contributed by atoms with E-state index in [-0.39, 0.29) is 17.9 Å². The third-order valence-corrected chi connectivity index (χ3v) is 5.08. The minimum atomic E-state index is -0.182. The lowest BCUT2D eigenvalue weighted by atomic mass is 9.88. The number of piperidine rings is 1. The largest absolute Gasteiger partial charge is 0.467 e. The molecular weight excluding hydrogens is 280 g/mol. The number of carbonyl (C=O) groups excluding carboxylic acids is 1. The second-order valence-corrected chi connectivity index (χ2v) is 6.53. The van der Waals surface area contributed by atoms with Gasteiger partial charge in [0.2, 0.25) is 5.91 Å². The van der Waals surface area contributed by atoms with E-state index in [1.165, 1.54) is 6.42 Å². The van der Waals surface area contributed by atoms with E-state index in [0.29, 0.717) is 12.6 Å². The van der Waals surface area contributed by atoms with E-state index in [1.807, 2.05) is 12.1 Å². The topological polar surface area (TPSA) is 65.7 Å². The summed E-state index contributed by atoms with van der Waals surface area (Å²) in [5.41, 5.74) is 0. The molecule has 0 spiro atoms. The molecule has 1 amide bonds. The second kappa shape index (κ2) is 7.29. The van der Waals surface area contributed by atoms with Crippen molar-refractivity contribution in [1.82, 2.24) is 10.2 Å². The van der Waals surface area contributed by atoms with Gasteiger partial charge in [0, 0.05) is 12.0 Å². The summed E-state index contributed by atoms with van der Waals surface area (Å²) in [5, 5.41) is 13.1. The van der Waals surface area contributed by atoms with Gasteiger partial charge in [0.05, 0.1) is 18.9 Å². The Morgan fingerprint density at radius 3 is 2.73 bits per heavy atom. The van der Waals surface area contributed by atoms with E-state index in [0.717, 1.165) is 51.0 Å². The van der Waals surface area contributed by atoms with E-state index >= 15 is 0 Å². The van der Waals surface area contributed by atoms with Crippen molar-refractivity contribution in [2.24, 2.45) is 5.92 Å². The molecule has 1 aromatic heterocycles. The molecule has 5 heteroatoms. The zero-order chi connectivity index (χ0) is 15.4. The summed E-state index contributed by atoms with van der Waals surface area (Å²) in [6, 6.07) is 4.00. The van der Waals surface area contributed by atoms with Crippen molar-refractivity contribution in [1.29, 1.82) is 0 Å². The summed E-state index contributed by atoms with van der Waals surface area (Å²) in [6.07, 6.45) is 7.58. The Morgan fingerprint density at radius 1 is 1.27 bits per heavy atom. The van der Waals surface area contributed by atoms with E-state index < -0.39 is 0 Å². The van der Waals surface area contributed by atoms with Crippen molar-refractivity contribution in [2.75, 3.05) is 13.1 Å². The number of likely N-dealkylation sites (tertiary alicyclic amines) is 1. The molecule has 1 saturated carbocycles. The summed E-state index contributed by atoms with van der Waals surface area (Å²) in [6.45, 7) is 2.30. The maximum Gasteiger partial charge on any atom is 0.223 e. The first kappa shape index (κ1) is 15.6. The zero-order valence-corrected chi connectivity index (χ0v) is 13.0. The van der Waals surface area contributed by atoms with Crippen LogP contribution >= 0.6 is 0 Å². The Labute approximate surface area is 131 Å². The molecule has 1 aliphatic heterocycles. The lowest BCUT2D eigenvalue weighted by Gasteiger charge is -2.41. The molecule has 5 nitrogen and oxygen atoms in total. The smallest absolute Gasteiger partial charge is 0.223 e. The van der Waals surface area contributed by atoms with Gasteiger partial charge in [0.15, 0.2) is 0 Å². The maximum atomic E-state index is 12.2. The van der Waals surface area contributed by atoms with Gasteiger partial charge in [-0.25, -0.2) is 0 Å². The van der Waals surface area contributed by atoms with Gasteiger partial charge in [0.25, 0.3) is 0 Å². The molecule has 0 radical (unpaired) electrons. The molecule has 1 aromatic rings. The molecule has 2 fully saturated rings. The molecule has 2 N–H and O–H groups in total. The standard InChI is InChI=1S/C17H26N2O3/c20-16-6-2-1-5-15(16)19-9-7-13(8-10-19)17(21)18-12-14-4-3-11-22-14/h3-4,11,13,15-16,20H,1-2,5-10,12H2,(H,18,21). The number of hydrogen-bond donors (Lipinski definition) is 2. The van der Waals surface area contributed by atoms with Crippen LogP contribution in [0.2, 0.25) is 0 Å². The lowest BCUT2D eigenvalue weighted by molar-refractivity contribution is -0.127. The fraction of sp³-hybridized carbons (Fsp3) is 0.706. The summed E-state index contributed by atoms with van der Waals surface area (Å²) in [5.74, 6) is 1.00. The van der Waals surface area contributed by atoms with E-state index in [2.05, 4.69) is 10.2 Å². The number of hydrogen-bond acceptors (Lipinski definition) is 4. The van der Waals surface area contributed by atoms with Crippen LogP contribution in [0.5, 0.6) is 0 Å². The highest BCUT2D eigenvalue weighted by Gasteiger charge is 2.33. The van der Waals surface area contributed by atoms with Gasteiger partial charge in [-0.1, -0.05) is 12.8 Å². The fourth-order valence-electron chi connectivity index (χ4n) is 3.74. The van der Waals surface area contributed by atoms with Crippen molar-refractivity contribution < 1.29 is 14.3 Å². The molecular formula is C17H26N2O3. The van der Waals surface area contributed by atoms with Crippen LogP contribution in [0.3, 0.4) is 0 Å². The Kier molecular flexibility index (Phi) is 5.16. The van der Waals surface area contributed by atoms with Crippen molar-refractivity contribution in [3.63, 3.8) is 0 Å². The molecule has 1 aliphatic carbocycles.